The summed E-state index contributed by atoms with van der Waals surface area (Å²) in [6.45, 7) is 0.414. The molecule has 0 spiro atoms. The Bertz CT molecular complexity index is 865. The van der Waals surface area contributed by atoms with E-state index in [0.29, 0.717) is 22.3 Å². The van der Waals surface area contributed by atoms with Crippen LogP contribution in [0.5, 0.6) is 0 Å². The number of halogens is 2. The van der Waals surface area contributed by atoms with Gasteiger partial charge in [-0.25, -0.2) is 4.98 Å². The number of anilines is 2. The van der Waals surface area contributed by atoms with Crippen LogP contribution in [0.15, 0.2) is 66.9 Å². The number of pyridine rings is 1. The highest BCUT2D eigenvalue weighted by Gasteiger charge is 2.07. The van der Waals surface area contributed by atoms with E-state index in [1.165, 1.54) is 0 Å². The highest BCUT2D eigenvalue weighted by atomic mass is 35.5. The fourth-order valence-corrected chi connectivity index (χ4v) is 2.50. The minimum atomic E-state index is -0.237. The molecule has 0 aliphatic rings. The van der Waals surface area contributed by atoms with Gasteiger partial charge < -0.3 is 10.6 Å². The third-order valence-electron chi connectivity index (χ3n) is 3.52. The number of rotatable bonds is 5. The van der Waals surface area contributed by atoms with E-state index >= 15 is 0 Å². The van der Waals surface area contributed by atoms with Crippen LogP contribution in [-0.4, -0.2) is 10.9 Å². The van der Waals surface area contributed by atoms with Gasteiger partial charge in [0, 0.05) is 11.6 Å². The summed E-state index contributed by atoms with van der Waals surface area (Å²) < 4.78 is 0. The lowest BCUT2D eigenvalue weighted by atomic mass is 10.2. The van der Waals surface area contributed by atoms with Gasteiger partial charge in [0.2, 0.25) is 0 Å². The van der Waals surface area contributed by atoms with Crippen molar-refractivity contribution in [2.45, 2.75) is 6.54 Å². The van der Waals surface area contributed by atoms with Crippen LogP contribution in [-0.2, 0) is 6.54 Å². The average molecular weight is 372 g/mol. The molecule has 3 aromatic rings. The van der Waals surface area contributed by atoms with Gasteiger partial charge in [0.05, 0.1) is 22.6 Å². The maximum Gasteiger partial charge on any atom is 0.270 e. The second-order valence-electron chi connectivity index (χ2n) is 5.35. The first kappa shape index (κ1) is 17.3. The van der Waals surface area contributed by atoms with Gasteiger partial charge >= 0.3 is 0 Å². The zero-order valence-corrected chi connectivity index (χ0v) is 14.7. The summed E-state index contributed by atoms with van der Waals surface area (Å²) in [7, 11) is 0. The van der Waals surface area contributed by atoms with Gasteiger partial charge in [-0.2, -0.15) is 0 Å². The molecule has 2 aromatic carbocycles. The van der Waals surface area contributed by atoms with Crippen LogP contribution in [0.4, 0.5) is 11.4 Å². The topological polar surface area (TPSA) is 54.0 Å². The fraction of sp³-hybridized carbons (Fsp3) is 0.0526. The first-order valence-corrected chi connectivity index (χ1v) is 8.38. The molecule has 0 atom stereocenters. The molecule has 0 radical (unpaired) electrons. The molecule has 0 aliphatic carbocycles. The van der Waals surface area contributed by atoms with Crippen LogP contribution in [0.25, 0.3) is 0 Å². The van der Waals surface area contributed by atoms with Crippen LogP contribution < -0.4 is 10.6 Å². The molecule has 3 rings (SSSR count). The lowest BCUT2D eigenvalue weighted by Crippen LogP contribution is -2.23. The van der Waals surface area contributed by atoms with Gasteiger partial charge in [-0.05, 0) is 42.0 Å². The molecule has 126 valence electrons. The Hall–Kier alpha value is -2.56. The summed E-state index contributed by atoms with van der Waals surface area (Å²) in [5.41, 5.74) is 2.85. The smallest absolute Gasteiger partial charge is 0.270 e. The standard InChI is InChI=1S/C19H15Cl2N3O/c20-14-7-5-13(6-8-14)11-23-19(25)18-10-9-15(12-22-18)24-17-4-2-1-3-16(17)21/h1-10,12,24H,11H2,(H,23,25). The number of nitrogens with one attached hydrogen (secondary N) is 2. The van der Waals surface area contributed by atoms with Crippen molar-refractivity contribution >= 4 is 40.5 Å². The molecule has 0 bridgehead atoms. The van der Waals surface area contributed by atoms with E-state index in [0.717, 1.165) is 16.9 Å². The minimum Gasteiger partial charge on any atom is -0.353 e. The molecule has 0 unspecified atom stereocenters. The third-order valence-corrected chi connectivity index (χ3v) is 4.10. The van der Waals surface area contributed by atoms with Gasteiger partial charge in [0.1, 0.15) is 5.69 Å². The van der Waals surface area contributed by atoms with E-state index < -0.39 is 0 Å². The lowest BCUT2D eigenvalue weighted by Gasteiger charge is -2.09. The Balaban J connectivity index is 1.60. The molecule has 1 aromatic heterocycles. The maximum absolute atomic E-state index is 12.2. The average Bonchev–Trinajstić information content (AvgIpc) is 2.63. The van der Waals surface area contributed by atoms with E-state index in [9.17, 15) is 4.79 Å². The fourth-order valence-electron chi connectivity index (χ4n) is 2.20. The van der Waals surface area contributed by atoms with Gasteiger partial charge in [0.25, 0.3) is 5.91 Å². The van der Waals surface area contributed by atoms with Gasteiger partial charge in [-0.3, -0.25) is 4.79 Å². The van der Waals surface area contributed by atoms with E-state index in [-0.39, 0.29) is 5.91 Å². The molecule has 2 N–H and O–H groups in total. The number of carbonyl (C=O) groups is 1. The van der Waals surface area contributed by atoms with Crippen molar-refractivity contribution in [1.29, 1.82) is 0 Å². The molecule has 0 fully saturated rings. The van der Waals surface area contributed by atoms with E-state index in [1.54, 1.807) is 36.5 Å². The summed E-state index contributed by atoms with van der Waals surface area (Å²) in [6, 6.07) is 18.2. The van der Waals surface area contributed by atoms with Crippen molar-refractivity contribution in [1.82, 2.24) is 10.3 Å². The van der Waals surface area contributed by atoms with Crippen molar-refractivity contribution < 1.29 is 4.79 Å². The Morgan fingerprint density at radius 1 is 0.960 bits per heavy atom. The van der Waals surface area contributed by atoms with Gasteiger partial charge in [-0.1, -0.05) is 47.5 Å². The predicted octanol–water partition coefficient (Wildman–Crippen LogP) is 5.06. The largest absolute Gasteiger partial charge is 0.353 e. The molecule has 0 aliphatic heterocycles. The minimum absolute atomic E-state index is 0.237. The van der Waals surface area contributed by atoms with Crippen molar-refractivity contribution in [3.05, 3.63) is 88.2 Å². The van der Waals surface area contributed by atoms with Crippen molar-refractivity contribution in [3.8, 4) is 0 Å². The van der Waals surface area contributed by atoms with Crippen LogP contribution in [0, 0.1) is 0 Å². The zero-order valence-electron chi connectivity index (χ0n) is 13.2. The zero-order chi connectivity index (χ0) is 17.6. The summed E-state index contributed by atoms with van der Waals surface area (Å²) >= 11 is 12.0. The molecule has 1 heterocycles. The number of benzene rings is 2. The van der Waals surface area contributed by atoms with Crippen molar-refractivity contribution in [3.63, 3.8) is 0 Å². The second-order valence-corrected chi connectivity index (χ2v) is 6.19. The molecule has 0 saturated carbocycles. The number of nitrogens with zero attached hydrogens (tertiary/aromatic N) is 1. The summed E-state index contributed by atoms with van der Waals surface area (Å²) in [6.07, 6.45) is 1.60. The SMILES string of the molecule is O=C(NCc1ccc(Cl)cc1)c1ccc(Nc2ccccc2Cl)cn1. The highest BCUT2D eigenvalue weighted by molar-refractivity contribution is 6.33. The summed E-state index contributed by atoms with van der Waals surface area (Å²) in [5, 5.41) is 7.27. The molecule has 1 amide bonds. The number of aromatic nitrogens is 1. The predicted molar refractivity (Wildman–Crippen MR) is 102 cm³/mol. The number of para-hydroxylation sites is 1. The molecule has 4 nitrogen and oxygen atoms in total. The first-order valence-electron chi connectivity index (χ1n) is 7.62. The first-order chi connectivity index (χ1) is 12.1. The highest BCUT2D eigenvalue weighted by Crippen LogP contribution is 2.24. The van der Waals surface area contributed by atoms with Crippen molar-refractivity contribution in [2.24, 2.45) is 0 Å². The Morgan fingerprint density at radius 2 is 1.72 bits per heavy atom. The van der Waals surface area contributed by atoms with Crippen LogP contribution in [0.3, 0.4) is 0 Å². The monoisotopic (exact) mass is 371 g/mol. The van der Waals surface area contributed by atoms with E-state index in [2.05, 4.69) is 15.6 Å². The normalized spacial score (nSPS) is 10.3. The summed E-state index contributed by atoms with van der Waals surface area (Å²) in [5.74, 6) is -0.237. The van der Waals surface area contributed by atoms with Crippen LogP contribution in [0.1, 0.15) is 16.1 Å². The second kappa shape index (κ2) is 8.01. The summed E-state index contributed by atoms with van der Waals surface area (Å²) in [4.78, 5) is 16.4. The van der Waals surface area contributed by atoms with Crippen molar-refractivity contribution in [2.75, 3.05) is 5.32 Å². The third kappa shape index (κ3) is 4.72. The number of carbonyl (C=O) groups excluding carboxylic acids is 1. The van der Waals surface area contributed by atoms with Gasteiger partial charge in [-0.15, -0.1) is 0 Å². The molecule has 6 heteroatoms. The van der Waals surface area contributed by atoms with Crippen LogP contribution in [0.2, 0.25) is 10.0 Å². The Morgan fingerprint density at radius 3 is 2.40 bits per heavy atom. The Kier molecular flexibility index (Phi) is 5.53. The number of amides is 1. The lowest BCUT2D eigenvalue weighted by molar-refractivity contribution is 0.0946. The number of hydrogen-bond donors (Lipinski definition) is 2. The van der Waals surface area contributed by atoms with E-state index in [1.807, 2.05) is 30.3 Å². The molecular weight excluding hydrogens is 357 g/mol. The maximum atomic E-state index is 12.2. The molecule has 0 saturated heterocycles. The van der Waals surface area contributed by atoms with E-state index in [4.69, 9.17) is 23.2 Å². The molecule has 25 heavy (non-hydrogen) atoms. The quantitative estimate of drug-likeness (QED) is 0.658. The molecular formula is C19H15Cl2N3O. The van der Waals surface area contributed by atoms with Crippen LogP contribution >= 0.6 is 23.2 Å². The van der Waals surface area contributed by atoms with Gasteiger partial charge in [0.15, 0.2) is 0 Å². The Labute approximate surface area is 155 Å². The number of hydrogen-bond acceptors (Lipinski definition) is 3.